The van der Waals surface area contributed by atoms with Crippen LogP contribution >= 0.6 is 0 Å². The summed E-state index contributed by atoms with van der Waals surface area (Å²) in [6.45, 7) is 5.37. The van der Waals surface area contributed by atoms with Crippen molar-refractivity contribution in [3.63, 3.8) is 0 Å². The Morgan fingerprint density at radius 3 is 2.33 bits per heavy atom. The van der Waals surface area contributed by atoms with Crippen LogP contribution in [-0.4, -0.2) is 17.6 Å². The molecule has 0 N–H and O–H groups in total. The summed E-state index contributed by atoms with van der Waals surface area (Å²) in [6, 6.07) is 17.3. The van der Waals surface area contributed by atoms with Gasteiger partial charge in [-0.3, -0.25) is 4.79 Å². The fraction of sp³-hybridized carbons (Fsp3) is 0.300. The van der Waals surface area contributed by atoms with Gasteiger partial charge in [-0.1, -0.05) is 48.5 Å². The van der Waals surface area contributed by atoms with E-state index in [2.05, 4.69) is 0 Å². The molecule has 4 heteroatoms. The van der Waals surface area contributed by atoms with Gasteiger partial charge < -0.3 is 4.74 Å². The van der Waals surface area contributed by atoms with Gasteiger partial charge >= 0.3 is 6.09 Å². The molecule has 0 spiro atoms. The van der Waals surface area contributed by atoms with Crippen molar-refractivity contribution in [2.45, 2.75) is 38.7 Å². The number of amides is 2. The topological polar surface area (TPSA) is 46.6 Å². The van der Waals surface area contributed by atoms with Crippen LogP contribution in [0.1, 0.15) is 37.8 Å². The normalized spacial score (nSPS) is 16.9. The van der Waals surface area contributed by atoms with E-state index in [4.69, 9.17) is 4.74 Å². The molecule has 0 saturated heterocycles. The fourth-order valence-corrected chi connectivity index (χ4v) is 2.94. The summed E-state index contributed by atoms with van der Waals surface area (Å²) in [7, 11) is 0. The number of ether oxygens (including phenoxy) is 1. The van der Waals surface area contributed by atoms with E-state index >= 15 is 0 Å². The maximum atomic E-state index is 12.9. The van der Waals surface area contributed by atoms with Gasteiger partial charge in [0, 0.05) is 0 Å². The summed E-state index contributed by atoms with van der Waals surface area (Å²) < 4.78 is 5.41. The van der Waals surface area contributed by atoms with Crippen LogP contribution in [-0.2, 0) is 16.0 Å². The molecule has 2 aromatic carbocycles. The van der Waals surface area contributed by atoms with Gasteiger partial charge in [-0.2, -0.15) is 0 Å². The monoisotopic (exact) mass is 323 g/mol. The van der Waals surface area contributed by atoms with E-state index in [1.54, 1.807) is 26.8 Å². The van der Waals surface area contributed by atoms with Crippen molar-refractivity contribution in [2.24, 2.45) is 0 Å². The van der Waals surface area contributed by atoms with Crippen molar-refractivity contribution in [3.05, 3.63) is 65.7 Å². The predicted molar refractivity (Wildman–Crippen MR) is 93.0 cm³/mol. The lowest BCUT2D eigenvalue weighted by molar-refractivity contribution is -0.119. The van der Waals surface area contributed by atoms with E-state index in [-0.39, 0.29) is 11.8 Å². The van der Waals surface area contributed by atoms with Crippen LogP contribution in [0.4, 0.5) is 10.5 Å². The minimum Gasteiger partial charge on any atom is -0.443 e. The maximum absolute atomic E-state index is 12.9. The van der Waals surface area contributed by atoms with E-state index in [1.165, 1.54) is 4.90 Å². The number of fused-ring (bicyclic) bond motifs is 1. The van der Waals surface area contributed by atoms with E-state index in [9.17, 15) is 9.59 Å². The number of imide groups is 1. The van der Waals surface area contributed by atoms with E-state index < -0.39 is 11.7 Å². The number of nitrogens with zero attached hydrogens (tertiary/aromatic N) is 1. The Morgan fingerprint density at radius 2 is 1.67 bits per heavy atom. The smallest absolute Gasteiger partial charge is 0.421 e. The summed E-state index contributed by atoms with van der Waals surface area (Å²) in [4.78, 5) is 26.6. The SMILES string of the molecule is CC(C)(C)OC(=O)N1C(=O)[C@@H](Cc2ccccc2)c2ccccc21. The number of benzene rings is 2. The number of anilines is 1. The average molecular weight is 323 g/mol. The molecule has 0 radical (unpaired) electrons. The average Bonchev–Trinajstić information content (AvgIpc) is 2.79. The zero-order valence-corrected chi connectivity index (χ0v) is 14.2. The van der Waals surface area contributed by atoms with Crippen molar-refractivity contribution in [1.82, 2.24) is 0 Å². The summed E-state index contributed by atoms with van der Waals surface area (Å²) >= 11 is 0. The summed E-state index contributed by atoms with van der Waals surface area (Å²) in [5.74, 6) is -0.592. The van der Waals surface area contributed by atoms with Gasteiger partial charge in [-0.15, -0.1) is 0 Å². The van der Waals surface area contributed by atoms with Crippen LogP contribution in [0.3, 0.4) is 0 Å². The third kappa shape index (κ3) is 3.18. The molecule has 0 fully saturated rings. The molecule has 1 aliphatic heterocycles. The third-order valence-corrected chi connectivity index (χ3v) is 3.93. The molecule has 0 saturated carbocycles. The first-order valence-corrected chi connectivity index (χ1v) is 8.06. The summed E-state index contributed by atoms with van der Waals surface area (Å²) in [5, 5.41) is 0. The van der Waals surface area contributed by atoms with Crippen molar-refractivity contribution >= 4 is 17.7 Å². The van der Waals surface area contributed by atoms with Gasteiger partial charge in [0.15, 0.2) is 0 Å². The molecule has 0 unspecified atom stereocenters. The van der Waals surface area contributed by atoms with E-state index in [0.717, 1.165) is 11.1 Å². The van der Waals surface area contributed by atoms with Crippen molar-refractivity contribution in [1.29, 1.82) is 0 Å². The highest BCUT2D eigenvalue weighted by molar-refractivity contribution is 6.19. The predicted octanol–water partition coefficient (Wildman–Crippen LogP) is 4.29. The molecule has 124 valence electrons. The standard InChI is InChI=1S/C20H21NO3/c1-20(2,3)24-19(23)21-17-12-8-7-11-15(17)16(18(21)22)13-14-9-5-4-6-10-14/h4-12,16H,13H2,1-3H3/t16-/m0/s1. The molecule has 3 rings (SSSR count). The maximum Gasteiger partial charge on any atom is 0.421 e. The Hall–Kier alpha value is -2.62. The van der Waals surface area contributed by atoms with Crippen LogP contribution < -0.4 is 4.90 Å². The zero-order valence-electron chi connectivity index (χ0n) is 14.2. The summed E-state index contributed by atoms with van der Waals surface area (Å²) in [5.41, 5.74) is 1.91. The van der Waals surface area contributed by atoms with E-state index in [0.29, 0.717) is 12.1 Å². The van der Waals surface area contributed by atoms with E-state index in [1.807, 2.05) is 48.5 Å². The fourth-order valence-electron chi connectivity index (χ4n) is 2.94. The van der Waals surface area contributed by atoms with Crippen LogP contribution in [0.15, 0.2) is 54.6 Å². The lowest BCUT2D eigenvalue weighted by atomic mass is 9.93. The lowest BCUT2D eigenvalue weighted by Crippen LogP contribution is -2.39. The molecule has 2 aromatic rings. The van der Waals surface area contributed by atoms with Gasteiger partial charge in [0.1, 0.15) is 5.60 Å². The van der Waals surface area contributed by atoms with Crippen molar-refractivity contribution in [2.75, 3.05) is 4.90 Å². The quantitative estimate of drug-likeness (QED) is 0.828. The Balaban J connectivity index is 1.93. The number of para-hydroxylation sites is 1. The number of carbonyl (C=O) groups is 2. The number of hydrogen-bond acceptors (Lipinski definition) is 3. The van der Waals surface area contributed by atoms with Crippen LogP contribution in [0.5, 0.6) is 0 Å². The van der Waals surface area contributed by atoms with Crippen molar-refractivity contribution < 1.29 is 14.3 Å². The Labute approximate surface area is 142 Å². The van der Waals surface area contributed by atoms with Crippen LogP contribution in [0.25, 0.3) is 0 Å². The Morgan fingerprint density at radius 1 is 1.04 bits per heavy atom. The van der Waals surface area contributed by atoms with Crippen LogP contribution in [0.2, 0.25) is 0 Å². The van der Waals surface area contributed by atoms with Crippen molar-refractivity contribution in [3.8, 4) is 0 Å². The first kappa shape index (κ1) is 16.2. The van der Waals surface area contributed by atoms with Crippen LogP contribution in [0, 0.1) is 0 Å². The Kier molecular flexibility index (Phi) is 4.14. The Bertz CT molecular complexity index is 762. The molecule has 0 bridgehead atoms. The molecular weight excluding hydrogens is 302 g/mol. The van der Waals surface area contributed by atoms with Gasteiger partial charge in [0.2, 0.25) is 5.91 Å². The second kappa shape index (κ2) is 6.11. The first-order valence-electron chi connectivity index (χ1n) is 8.06. The molecule has 4 nitrogen and oxygen atoms in total. The molecule has 0 aliphatic carbocycles. The number of rotatable bonds is 2. The number of hydrogen-bond donors (Lipinski definition) is 0. The molecule has 2 amide bonds. The second-order valence-electron chi connectivity index (χ2n) is 6.96. The highest BCUT2D eigenvalue weighted by Crippen LogP contribution is 2.39. The first-order chi connectivity index (χ1) is 11.4. The van der Waals surface area contributed by atoms with Gasteiger partial charge in [0.25, 0.3) is 0 Å². The highest BCUT2D eigenvalue weighted by atomic mass is 16.6. The molecule has 0 aromatic heterocycles. The van der Waals surface area contributed by atoms with Gasteiger partial charge in [-0.25, -0.2) is 9.69 Å². The summed E-state index contributed by atoms with van der Waals surface area (Å²) in [6.07, 6.45) is -0.0498. The number of carbonyl (C=O) groups excluding carboxylic acids is 2. The minimum atomic E-state index is -0.649. The highest BCUT2D eigenvalue weighted by Gasteiger charge is 2.42. The molecular formula is C20H21NO3. The third-order valence-electron chi connectivity index (χ3n) is 3.93. The largest absolute Gasteiger partial charge is 0.443 e. The van der Waals surface area contributed by atoms with Gasteiger partial charge in [-0.05, 0) is 44.4 Å². The molecule has 1 atom stereocenters. The second-order valence-corrected chi connectivity index (χ2v) is 6.96. The van der Waals surface area contributed by atoms with Gasteiger partial charge in [0.05, 0.1) is 11.6 Å². The molecule has 1 heterocycles. The minimum absolute atomic E-state index is 0.227. The zero-order chi connectivity index (χ0) is 17.3. The molecule has 24 heavy (non-hydrogen) atoms. The molecule has 1 aliphatic rings. The lowest BCUT2D eigenvalue weighted by Gasteiger charge is -2.24.